The van der Waals surface area contributed by atoms with Gasteiger partial charge in [-0.3, -0.25) is 19.8 Å². The van der Waals surface area contributed by atoms with E-state index in [2.05, 4.69) is 26.6 Å². The van der Waals surface area contributed by atoms with Gasteiger partial charge in [0.25, 0.3) is 5.91 Å². The number of carbonyl (C=O) groups is 3. The van der Waals surface area contributed by atoms with E-state index in [0.29, 0.717) is 24.9 Å². The van der Waals surface area contributed by atoms with Gasteiger partial charge < -0.3 is 16.4 Å². The van der Waals surface area contributed by atoms with Gasteiger partial charge in [0.05, 0.1) is 5.70 Å². The van der Waals surface area contributed by atoms with Crippen LogP contribution in [0, 0.1) is 17.2 Å². The summed E-state index contributed by atoms with van der Waals surface area (Å²) in [7, 11) is 0. The maximum absolute atomic E-state index is 13.0. The zero-order valence-corrected chi connectivity index (χ0v) is 17.3. The summed E-state index contributed by atoms with van der Waals surface area (Å²) in [6.07, 6.45) is 4.33. The zero-order chi connectivity index (χ0) is 20.7. The molecule has 0 saturated heterocycles. The van der Waals surface area contributed by atoms with Crippen LogP contribution in [0.4, 0.5) is 0 Å². The van der Waals surface area contributed by atoms with E-state index in [-0.39, 0.29) is 17.4 Å². The Balaban J connectivity index is 2.20. The van der Waals surface area contributed by atoms with E-state index in [4.69, 9.17) is 11.1 Å². The van der Waals surface area contributed by atoms with Gasteiger partial charge in [-0.25, -0.2) is 0 Å². The molecule has 150 valence electrons. The van der Waals surface area contributed by atoms with Crippen LogP contribution in [0.5, 0.6) is 0 Å². The minimum Gasteiger partial charge on any atom is -0.389 e. The number of halogens is 1. The number of ketones is 1. The zero-order valence-electron chi connectivity index (χ0n) is 15.8. The first-order valence-electron chi connectivity index (χ1n) is 9.28. The van der Waals surface area contributed by atoms with Crippen LogP contribution in [-0.2, 0) is 9.59 Å². The smallest absolute Gasteiger partial charge is 0.268 e. The van der Waals surface area contributed by atoms with Gasteiger partial charge in [0.15, 0.2) is 5.78 Å². The Bertz CT molecular complexity index is 789. The topological polar surface area (TPSA) is 125 Å². The highest BCUT2D eigenvalue weighted by atomic mass is 79.9. The van der Waals surface area contributed by atoms with E-state index in [1.165, 1.54) is 6.20 Å². The van der Waals surface area contributed by atoms with Crippen LogP contribution in [-0.4, -0.2) is 29.9 Å². The normalized spacial score (nSPS) is 19.6. The van der Waals surface area contributed by atoms with Crippen LogP contribution >= 0.6 is 15.9 Å². The van der Waals surface area contributed by atoms with Crippen LogP contribution in [0.25, 0.3) is 0 Å². The standard InChI is InChI=1S/C20H25BrN4O3/c1-2-24-11-16(17(22)19(23)27)25-20(28)15-6-4-3-5-14(15)18(26)12-7-9-13(21)10-8-12/h7-11,14-15,22,24H,2-6H2,1H3,(H2,23,27)(H,25,28)/b16-11+,22-17?. The Kier molecular flexibility index (Phi) is 7.92. The summed E-state index contributed by atoms with van der Waals surface area (Å²) in [5.41, 5.74) is 5.28. The molecule has 5 N–H and O–H groups in total. The number of amides is 2. The molecule has 0 heterocycles. The highest BCUT2D eigenvalue weighted by molar-refractivity contribution is 9.10. The van der Waals surface area contributed by atoms with Crippen molar-refractivity contribution in [3.05, 3.63) is 46.2 Å². The summed E-state index contributed by atoms with van der Waals surface area (Å²) in [5.74, 6) is -2.32. The molecule has 2 rings (SSSR count). The molecular weight excluding hydrogens is 424 g/mol. The average molecular weight is 449 g/mol. The summed E-state index contributed by atoms with van der Waals surface area (Å²) in [4.78, 5) is 37.3. The molecule has 1 aromatic rings. The number of Topliss-reactive ketones (excluding diaryl/α,β-unsaturated/α-hetero) is 1. The second kappa shape index (κ2) is 10.2. The Morgan fingerprint density at radius 1 is 1.18 bits per heavy atom. The third-order valence-electron chi connectivity index (χ3n) is 4.79. The Morgan fingerprint density at radius 2 is 1.79 bits per heavy atom. The van der Waals surface area contributed by atoms with Gasteiger partial charge in [-0.1, -0.05) is 40.9 Å². The molecule has 7 nitrogen and oxygen atoms in total. The van der Waals surface area contributed by atoms with Crippen LogP contribution in [0.2, 0.25) is 0 Å². The van der Waals surface area contributed by atoms with Gasteiger partial charge in [-0.15, -0.1) is 0 Å². The van der Waals surface area contributed by atoms with E-state index in [1.807, 2.05) is 6.92 Å². The first kappa shape index (κ1) is 21.8. The van der Waals surface area contributed by atoms with E-state index in [0.717, 1.165) is 17.3 Å². The lowest BCUT2D eigenvalue weighted by molar-refractivity contribution is -0.126. The lowest BCUT2D eigenvalue weighted by Gasteiger charge is -2.30. The molecule has 1 aliphatic rings. The predicted octanol–water partition coefficient (Wildman–Crippen LogP) is 2.51. The number of benzene rings is 1. The Morgan fingerprint density at radius 3 is 2.36 bits per heavy atom. The lowest BCUT2D eigenvalue weighted by Crippen LogP contribution is -2.42. The van der Waals surface area contributed by atoms with Gasteiger partial charge in [0.2, 0.25) is 5.91 Å². The minimum atomic E-state index is -0.935. The number of hydrogen-bond donors (Lipinski definition) is 4. The van der Waals surface area contributed by atoms with Crippen molar-refractivity contribution in [3.8, 4) is 0 Å². The van der Waals surface area contributed by atoms with Crippen molar-refractivity contribution >= 4 is 39.2 Å². The number of nitrogens with two attached hydrogens (primary N) is 1. The predicted molar refractivity (Wildman–Crippen MR) is 111 cm³/mol. The molecule has 1 saturated carbocycles. The second-order valence-corrected chi connectivity index (χ2v) is 7.63. The second-order valence-electron chi connectivity index (χ2n) is 6.71. The van der Waals surface area contributed by atoms with Crippen molar-refractivity contribution in [1.82, 2.24) is 10.6 Å². The van der Waals surface area contributed by atoms with Crippen molar-refractivity contribution in [2.24, 2.45) is 17.6 Å². The fourth-order valence-electron chi connectivity index (χ4n) is 3.32. The van der Waals surface area contributed by atoms with Crippen molar-refractivity contribution in [2.45, 2.75) is 32.6 Å². The van der Waals surface area contributed by atoms with Crippen LogP contribution in [0.1, 0.15) is 43.0 Å². The molecule has 1 fully saturated rings. The number of nitrogens with one attached hydrogen (secondary N) is 3. The summed E-state index contributed by atoms with van der Waals surface area (Å²) in [5, 5.41) is 13.3. The highest BCUT2D eigenvalue weighted by Gasteiger charge is 2.36. The maximum atomic E-state index is 13.0. The van der Waals surface area contributed by atoms with Gasteiger partial charge in [0.1, 0.15) is 5.71 Å². The molecule has 0 radical (unpaired) electrons. The summed E-state index contributed by atoms with van der Waals surface area (Å²) >= 11 is 3.35. The molecule has 0 spiro atoms. The van der Waals surface area contributed by atoms with E-state index in [9.17, 15) is 14.4 Å². The van der Waals surface area contributed by atoms with E-state index in [1.54, 1.807) is 24.3 Å². The van der Waals surface area contributed by atoms with Crippen LogP contribution in [0.15, 0.2) is 40.6 Å². The van der Waals surface area contributed by atoms with Gasteiger partial charge in [-0.05, 0) is 31.9 Å². The molecule has 2 amide bonds. The number of primary amides is 1. The summed E-state index contributed by atoms with van der Waals surface area (Å²) in [6, 6.07) is 7.09. The Labute approximate surface area is 172 Å². The first-order valence-corrected chi connectivity index (χ1v) is 10.1. The molecule has 1 aliphatic carbocycles. The molecule has 1 aromatic carbocycles. The minimum absolute atomic E-state index is 0.0137. The van der Waals surface area contributed by atoms with Crippen molar-refractivity contribution in [3.63, 3.8) is 0 Å². The summed E-state index contributed by atoms with van der Waals surface area (Å²) in [6.45, 7) is 2.40. The fraction of sp³-hybridized carbons (Fsp3) is 0.400. The molecule has 2 atom stereocenters. The fourth-order valence-corrected chi connectivity index (χ4v) is 3.58. The average Bonchev–Trinajstić information content (AvgIpc) is 2.70. The van der Waals surface area contributed by atoms with Gasteiger partial charge in [0, 0.05) is 34.6 Å². The third kappa shape index (κ3) is 5.51. The van der Waals surface area contributed by atoms with Crippen LogP contribution < -0.4 is 16.4 Å². The third-order valence-corrected chi connectivity index (χ3v) is 5.32. The molecule has 0 aromatic heterocycles. The van der Waals surface area contributed by atoms with E-state index < -0.39 is 23.5 Å². The largest absolute Gasteiger partial charge is 0.389 e. The Hall–Kier alpha value is -2.48. The molecule has 0 aliphatic heterocycles. The molecule has 8 heteroatoms. The van der Waals surface area contributed by atoms with Crippen molar-refractivity contribution in [2.75, 3.05) is 6.54 Å². The number of carbonyl (C=O) groups excluding carboxylic acids is 3. The maximum Gasteiger partial charge on any atom is 0.268 e. The van der Waals surface area contributed by atoms with Gasteiger partial charge in [-0.2, -0.15) is 0 Å². The number of hydrogen-bond acceptors (Lipinski definition) is 5. The SMILES string of the molecule is CCN/C=C(/NC(=O)C1CCCCC1C(=O)c1ccc(Br)cc1)C(=N)C(N)=O. The van der Waals surface area contributed by atoms with E-state index >= 15 is 0 Å². The molecular formula is C20H25BrN4O3. The van der Waals surface area contributed by atoms with Crippen molar-refractivity contribution < 1.29 is 14.4 Å². The quantitative estimate of drug-likeness (QED) is 0.360. The lowest BCUT2D eigenvalue weighted by atomic mass is 9.75. The summed E-state index contributed by atoms with van der Waals surface area (Å²) < 4.78 is 0.880. The van der Waals surface area contributed by atoms with Gasteiger partial charge >= 0.3 is 0 Å². The highest BCUT2D eigenvalue weighted by Crippen LogP contribution is 2.33. The molecule has 2 unspecified atom stereocenters. The monoisotopic (exact) mass is 448 g/mol. The van der Waals surface area contributed by atoms with Crippen LogP contribution in [0.3, 0.4) is 0 Å². The first-order chi connectivity index (χ1) is 13.3. The molecule has 0 bridgehead atoms. The van der Waals surface area contributed by atoms with Crippen molar-refractivity contribution in [1.29, 1.82) is 5.41 Å². The molecule has 28 heavy (non-hydrogen) atoms. The number of rotatable bonds is 8.